The summed E-state index contributed by atoms with van der Waals surface area (Å²) in [6.07, 6.45) is 3.27. The fourth-order valence-corrected chi connectivity index (χ4v) is 3.05. The van der Waals surface area contributed by atoms with E-state index < -0.39 is 0 Å². The van der Waals surface area contributed by atoms with Crippen molar-refractivity contribution < 1.29 is 9.53 Å². The first kappa shape index (κ1) is 18.9. The Hall–Kier alpha value is -2.90. The zero-order valence-electron chi connectivity index (χ0n) is 15.8. The van der Waals surface area contributed by atoms with Crippen LogP contribution in [0, 0.1) is 6.92 Å². The Morgan fingerprint density at radius 3 is 2.74 bits per heavy atom. The second kappa shape index (κ2) is 9.16. The molecule has 8 heteroatoms. The molecule has 3 rings (SSSR count). The number of rotatable bonds is 6. The molecule has 0 spiro atoms. The highest BCUT2D eigenvalue weighted by atomic mass is 16.6. The molecule has 2 aromatic rings. The van der Waals surface area contributed by atoms with Crippen molar-refractivity contribution in [3.63, 3.8) is 0 Å². The van der Waals surface area contributed by atoms with E-state index >= 15 is 0 Å². The maximum atomic E-state index is 11.8. The van der Waals surface area contributed by atoms with E-state index in [0.29, 0.717) is 32.1 Å². The minimum Gasteiger partial charge on any atom is -0.450 e. The van der Waals surface area contributed by atoms with E-state index in [0.717, 1.165) is 30.2 Å². The van der Waals surface area contributed by atoms with Crippen LogP contribution in [0.4, 0.5) is 16.4 Å². The molecule has 1 amide bonds. The Labute approximate surface area is 159 Å². The average molecular weight is 370 g/mol. The first-order valence-corrected chi connectivity index (χ1v) is 9.31. The summed E-state index contributed by atoms with van der Waals surface area (Å²) in [6.45, 7) is 6.08. The van der Waals surface area contributed by atoms with Gasteiger partial charge < -0.3 is 20.3 Å². The molecule has 0 bridgehead atoms. The predicted molar refractivity (Wildman–Crippen MR) is 104 cm³/mol. The topological polar surface area (TPSA) is 92.3 Å². The summed E-state index contributed by atoms with van der Waals surface area (Å²) in [4.78, 5) is 26.8. The quantitative estimate of drug-likeness (QED) is 0.808. The van der Waals surface area contributed by atoms with E-state index in [1.54, 1.807) is 11.1 Å². The Morgan fingerprint density at radius 1 is 1.26 bits per heavy atom. The third kappa shape index (κ3) is 5.54. The number of anilines is 2. The smallest absolute Gasteiger partial charge is 0.409 e. The van der Waals surface area contributed by atoms with Crippen LogP contribution in [-0.4, -0.2) is 51.7 Å². The molecule has 144 valence electrons. The number of nitrogens with one attached hydrogen (secondary N) is 2. The summed E-state index contributed by atoms with van der Waals surface area (Å²) in [7, 11) is 0. The molecule has 1 saturated heterocycles. The molecule has 1 aliphatic heterocycles. The number of ether oxygens (including phenoxy) is 1. The van der Waals surface area contributed by atoms with Gasteiger partial charge in [0, 0.05) is 31.4 Å². The molecule has 1 fully saturated rings. The third-order valence-electron chi connectivity index (χ3n) is 4.39. The van der Waals surface area contributed by atoms with Crippen molar-refractivity contribution in [2.24, 2.45) is 0 Å². The van der Waals surface area contributed by atoms with E-state index in [2.05, 4.69) is 25.6 Å². The molecular weight excluding hydrogens is 344 g/mol. The number of aryl methyl sites for hydroxylation is 1. The second-order valence-electron chi connectivity index (χ2n) is 6.46. The maximum absolute atomic E-state index is 11.8. The number of likely N-dealkylation sites (tertiary alicyclic amines) is 1. The standard InChI is InChI=1S/C19H26N6O2/c1-3-27-19(26)25-10-7-15(8-11-25)24-18-12-17(22-14(2)23-18)21-13-16-6-4-5-9-20-16/h4-6,9,12,15H,3,7-8,10-11,13H2,1-2H3,(H2,21,22,23,24). The number of carbonyl (C=O) groups is 1. The molecule has 0 unspecified atom stereocenters. The minimum absolute atomic E-state index is 0.227. The Morgan fingerprint density at radius 2 is 2.04 bits per heavy atom. The van der Waals surface area contributed by atoms with Crippen molar-refractivity contribution in [3.05, 3.63) is 42.0 Å². The van der Waals surface area contributed by atoms with E-state index in [-0.39, 0.29) is 12.1 Å². The first-order chi connectivity index (χ1) is 13.1. The molecule has 0 aliphatic carbocycles. The van der Waals surface area contributed by atoms with E-state index in [1.807, 2.05) is 38.1 Å². The largest absolute Gasteiger partial charge is 0.450 e. The predicted octanol–water partition coefficient (Wildman–Crippen LogP) is 2.82. The number of aromatic nitrogens is 3. The molecule has 2 aromatic heterocycles. The summed E-state index contributed by atoms with van der Waals surface area (Å²) >= 11 is 0. The Bertz CT molecular complexity index is 747. The monoisotopic (exact) mass is 370 g/mol. The number of carbonyl (C=O) groups excluding carboxylic acids is 1. The fourth-order valence-electron chi connectivity index (χ4n) is 3.05. The Kier molecular flexibility index (Phi) is 6.40. The van der Waals surface area contributed by atoms with Crippen molar-refractivity contribution in [2.45, 2.75) is 39.3 Å². The van der Waals surface area contributed by atoms with Gasteiger partial charge in [-0.1, -0.05) is 6.07 Å². The molecule has 0 atom stereocenters. The number of amides is 1. The van der Waals surface area contributed by atoms with Gasteiger partial charge in [-0.15, -0.1) is 0 Å². The van der Waals surface area contributed by atoms with Crippen LogP contribution in [0.15, 0.2) is 30.5 Å². The molecular formula is C19H26N6O2. The summed E-state index contributed by atoms with van der Waals surface area (Å²) < 4.78 is 5.06. The van der Waals surface area contributed by atoms with Crippen LogP contribution < -0.4 is 10.6 Å². The van der Waals surface area contributed by atoms with Gasteiger partial charge in [0.25, 0.3) is 0 Å². The molecule has 8 nitrogen and oxygen atoms in total. The van der Waals surface area contributed by atoms with Crippen molar-refractivity contribution in [1.29, 1.82) is 0 Å². The van der Waals surface area contributed by atoms with Gasteiger partial charge in [0.1, 0.15) is 17.5 Å². The summed E-state index contributed by atoms with van der Waals surface area (Å²) in [5.41, 5.74) is 0.953. The van der Waals surface area contributed by atoms with E-state index in [4.69, 9.17) is 4.74 Å². The van der Waals surface area contributed by atoms with Crippen LogP contribution in [0.1, 0.15) is 31.3 Å². The molecule has 3 heterocycles. The lowest BCUT2D eigenvalue weighted by Crippen LogP contribution is -2.42. The van der Waals surface area contributed by atoms with Gasteiger partial charge in [0.15, 0.2) is 0 Å². The van der Waals surface area contributed by atoms with Gasteiger partial charge in [-0.3, -0.25) is 4.98 Å². The van der Waals surface area contributed by atoms with Crippen LogP contribution in [0.3, 0.4) is 0 Å². The maximum Gasteiger partial charge on any atom is 0.409 e. The molecule has 2 N–H and O–H groups in total. The van der Waals surface area contributed by atoms with Gasteiger partial charge in [-0.05, 0) is 38.8 Å². The highest BCUT2D eigenvalue weighted by molar-refractivity contribution is 5.67. The third-order valence-corrected chi connectivity index (χ3v) is 4.39. The van der Waals surface area contributed by atoms with E-state index in [1.165, 1.54) is 0 Å². The highest BCUT2D eigenvalue weighted by Gasteiger charge is 2.23. The number of hydrogen-bond acceptors (Lipinski definition) is 7. The molecule has 0 aromatic carbocycles. The molecule has 27 heavy (non-hydrogen) atoms. The lowest BCUT2D eigenvalue weighted by Gasteiger charge is -2.31. The fraction of sp³-hybridized carbons (Fsp3) is 0.474. The van der Waals surface area contributed by atoms with Crippen LogP contribution in [-0.2, 0) is 11.3 Å². The van der Waals surface area contributed by atoms with Gasteiger partial charge in [0.05, 0.1) is 18.8 Å². The van der Waals surface area contributed by atoms with Crippen LogP contribution in [0.25, 0.3) is 0 Å². The number of nitrogens with zero attached hydrogens (tertiary/aromatic N) is 4. The van der Waals surface area contributed by atoms with Gasteiger partial charge in [-0.2, -0.15) is 0 Å². The first-order valence-electron chi connectivity index (χ1n) is 9.31. The van der Waals surface area contributed by atoms with Gasteiger partial charge >= 0.3 is 6.09 Å². The summed E-state index contributed by atoms with van der Waals surface area (Å²) in [5, 5.41) is 6.76. The molecule has 1 aliphatic rings. The summed E-state index contributed by atoms with van der Waals surface area (Å²) in [5.74, 6) is 2.26. The van der Waals surface area contributed by atoms with Gasteiger partial charge in [0.2, 0.25) is 0 Å². The minimum atomic E-state index is -0.227. The van der Waals surface area contributed by atoms with Crippen molar-refractivity contribution in [2.75, 3.05) is 30.3 Å². The van der Waals surface area contributed by atoms with Crippen molar-refractivity contribution in [1.82, 2.24) is 19.9 Å². The lowest BCUT2D eigenvalue weighted by atomic mass is 10.1. The molecule has 0 radical (unpaired) electrons. The van der Waals surface area contributed by atoms with Gasteiger partial charge in [-0.25, -0.2) is 14.8 Å². The highest BCUT2D eigenvalue weighted by Crippen LogP contribution is 2.18. The van der Waals surface area contributed by atoms with Crippen molar-refractivity contribution >= 4 is 17.7 Å². The Balaban J connectivity index is 1.54. The second-order valence-corrected chi connectivity index (χ2v) is 6.46. The number of hydrogen-bond donors (Lipinski definition) is 2. The summed E-state index contributed by atoms with van der Waals surface area (Å²) in [6, 6.07) is 8.01. The number of piperidine rings is 1. The zero-order valence-corrected chi connectivity index (χ0v) is 15.8. The van der Waals surface area contributed by atoms with E-state index in [9.17, 15) is 4.79 Å². The van der Waals surface area contributed by atoms with Crippen LogP contribution in [0.5, 0.6) is 0 Å². The zero-order chi connectivity index (χ0) is 19.1. The SMILES string of the molecule is CCOC(=O)N1CCC(Nc2cc(NCc3ccccn3)nc(C)n2)CC1. The van der Waals surface area contributed by atoms with Crippen LogP contribution in [0.2, 0.25) is 0 Å². The van der Waals surface area contributed by atoms with Crippen LogP contribution >= 0.6 is 0 Å². The molecule has 0 saturated carbocycles. The normalized spacial score (nSPS) is 14.7. The lowest BCUT2D eigenvalue weighted by molar-refractivity contribution is 0.0983. The average Bonchev–Trinajstić information content (AvgIpc) is 2.67. The number of pyridine rings is 1. The van der Waals surface area contributed by atoms with Crippen molar-refractivity contribution in [3.8, 4) is 0 Å².